The lowest BCUT2D eigenvalue weighted by Gasteiger charge is -2.14. The summed E-state index contributed by atoms with van der Waals surface area (Å²) in [5, 5.41) is 13.2. The van der Waals surface area contributed by atoms with Crippen molar-refractivity contribution in [2.45, 2.75) is 11.8 Å². The SMILES string of the molecule is Cc1ccccc1/C([O-])=C/S(=O)(=O)c1ccc(Cl)cc1. The minimum absolute atomic E-state index is 0.0452. The molecule has 104 valence electrons. The molecule has 5 heteroatoms. The second-order valence-corrected chi connectivity index (χ2v) is 6.53. The summed E-state index contributed by atoms with van der Waals surface area (Å²) in [5.74, 6) is -0.530. The maximum atomic E-state index is 12.1. The fourth-order valence-electron chi connectivity index (χ4n) is 1.75. The molecule has 0 aromatic heterocycles. The zero-order valence-corrected chi connectivity index (χ0v) is 12.3. The van der Waals surface area contributed by atoms with Gasteiger partial charge in [0.25, 0.3) is 0 Å². The van der Waals surface area contributed by atoms with Gasteiger partial charge in [-0.1, -0.05) is 41.6 Å². The predicted molar refractivity (Wildman–Crippen MR) is 77.8 cm³/mol. The summed E-state index contributed by atoms with van der Waals surface area (Å²) in [5.41, 5.74) is 1.12. The summed E-state index contributed by atoms with van der Waals surface area (Å²) in [6.45, 7) is 1.76. The van der Waals surface area contributed by atoms with Gasteiger partial charge in [0.2, 0.25) is 0 Å². The van der Waals surface area contributed by atoms with Crippen molar-refractivity contribution in [2.24, 2.45) is 0 Å². The van der Waals surface area contributed by atoms with Gasteiger partial charge >= 0.3 is 0 Å². The second-order valence-electron chi connectivity index (χ2n) is 4.30. The summed E-state index contributed by atoms with van der Waals surface area (Å²) < 4.78 is 24.2. The van der Waals surface area contributed by atoms with E-state index in [1.54, 1.807) is 31.2 Å². The molecule has 0 amide bonds. The van der Waals surface area contributed by atoms with Crippen LogP contribution in [-0.4, -0.2) is 8.42 Å². The predicted octanol–water partition coefficient (Wildman–Crippen LogP) is 2.78. The smallest absolute Gasteiger partial charge is 0.199 e. The van der Waals surface area contributed by atoms with Gasteiger partial charge in [-0.2, -0.15) is 0 Å². The summed E-state index contributed by atoms with van der Waals surface area (Å²) >= 11 is 5.71. The Labute approximate surface area is 123 Å². The molecule has 0 bridgehead atoms. The second kappa shape index (κ2) is 5.69. The number of aryl methyl sites for hydroxylation is 1. The molecule has 0 unspecified atom stereocenters. The van der Waals surface area contributed by atoms with Gasteiger partial charge in [-0.3, -0.25) is 0 Å². The van der Waals surface area contributed by atoms with Crippen molar-refractivity contribution in [3.63, 3.8) is 0 Å². The van der Waals surface area contributed by atoms with E-state index in [2.05, 4.69) is 0 Å². The van der Waals surface area contributed by atoms with Gasteiger partial charge in [0.05, 0.1) is 4.90 Å². The van der Waals surface area contributed by atoms with Crippen molar-refractivity contribution >= 4 is 27.2 Å². The number of halogens is 1. The molecular formula is C15H12ClO3S-. The molecule has 0 heterocycles. The van der Waals surface area contributed by atoms with Gasteiger partial charge in [-0.15, -0.1) is 0 Å². The fraction of sp³-hybridized carbons (Fsp3) is 0.0667. The Balaban J connectivity index is 2.43. The molecule has 0 saturated heterocycles. The van der Waals surface area contributed by atoms with E-state index in [9.17, 15) is 13.5 Å². The molecule has 0 aliphatic carbocycles. The highest BCUT2D eigenvalue weighted by Gasteiger charge is 2.11. The number of hydrogen-bond acceptors (Lipinski definition) is 3. The summed E-state index contributed by atoms with van der Waals surface area (Å²) in [6.07, 6.45) is 0. The Hall–Kier alpha value is -1.78. The zero-order valence-electron chi connectivity index (χ0n) is 10.7. The Bertz CT molecular complexity index is 747. The average molecular weight is 308 g/mol. The van der Waals surface area contributed by atoms with Gasteiger partial charge in [0.15, 0.2) is 9.84 Å². The molecule has 0 aliphatic rings. The Morgan fingerprint density at radius 1 is 1.10 bits per heavy atom. The summed E-state index contributed by atoms with van der Waals surface area (Å²) in [4.78, 5) is 0.0452. The first-order valence-corrected chi connectivity index (χ1v) is 7.78. The van der Waals surface area contributed by atoms with Crippen LogP contribution in [0.4, 0.5) is 0 Å². The molecule has 3 nitrogen and oxygen atoms in total. The number of hydrogen-bond donors (Lipinski definition) is 0. The highest BCUT2D eigenvalue weighted by molar-refractivity contribution is 7.94. The van der Waals surface area contributed by atoms with Crippen molar-refractivity contribution < 1.29 is 13.5 Å². The van der Waals surface area contributed by atoms with Crippen LogP contribution in [0.25, 0.3) is 5.76 Å². The van der Waals surface area contributed by atoms with Crippen molar-refractivity contribution in [2.75, 3.05) is 0 Å². The molecule has 2 aromatic rings. The zero-order chi connectivity index (χ0) is 14.8. The standard InChI is InChI=1S/C15H13ClO3S/c1-11-4-2-3-5-14(11)15(17)10-20(18,19)13-8-6-12(16)7-9-13/h2-10,17H,1H3/p-1/b15-10-. The van der Waals surface area contributed by atoms with Gasteiger partial charge < -0.3 is 5.11 Å². The first-order chi connectivity index (χ1) is 9.40. The molecule has 0 aliphatic heterocycles. The fourth-order valence-corrected chi connectivity index (χ4v) is 2.93. The van der Waals surface area contributed by atoms with Crippen LogP contribution in [-0.2, 0) is 9.84 Å². The van der Waals surface area contributed by atoms with Crippen LogP contribution in [0.15, 0.2) is 58.8 Å². The number of sulfone groups is 1. The first kappa shape index (κ1) is 14.6. The van der Waals surface area contributed by atoms with Crippen LogP contribution in [0, 0.1) is 6.92 Å². The largest absolute Gasteiger partial charge is 0.872 e. The van der Waals surface area contributed by atoms with Crippen LogP contribution in [0.5, 0.6) is 0 Å². The lowest BCUT2D eigenvalue weighted by atomic mass is 10.1. The average Bonchev–Trinajstić information content (AvgIpc) is 2.39. The molecule has 0 spiro atoms. The van der Waals surface area contributed by atoms with E-state index in [0.29, 0.717) is 10.6 Å². The van der Waals surface area contributed by atoms with Gasteiger partial charge in [-0.05, 0) is 42.3 Å². The van der Waals surface area contributed by atoms with Crippen molar-refractivity contribution in [3.8, 4) is 0 Å². The topological polar surface area (TPSA) is 57.2 Å². The molecule has 0 saturated carbocycles. The van der Waals surface area contributed by atoms with Crippen molar-refractivity contribution in [1.29, 1.82) is 0 Å². The van der Waals surface area contributed by atoms with Crippen LogP contribution >= 0.6 is 11.6 Å². The van der Waals surface area contributed by atoms with E-state index in [0.717, 1.165) is 11.0 Å². The van der Waals surface area contributed by atoms with Gasteiger partial charge in [0.1, 0.15) is 0 Å². The monoisotopic (exact) mass is 307 g/mol. The van der Waals surface area contributed by atoms with E-state index >= 15 is 0 Å². The highest BCUT2D eigenvalue weighted by atomic mass is 35.5. The molecule has 2 rings (SSSR count). The van der Waals surface area contributed by atoms with Crippen molar-refractivity contribution in [1.82, 2.24) is 0 Å². The molecule has 0 radical (unpaired) electrons. The molecule has 20 heavy (non-hydrogen) atoms. The van der Waals surface area contributed by atoms with Crippen LogP contribution in [0.1, 0.15) is 11.1 Å². The molecule has 2 aromatic carbocycles. The Morgan fingerprint density at radius 2 is 1.70 bits per heavy atom. The maximum absolute atomic E-state index is 12.1. The van der Waals surface area contributed by atoms with E-state index < -0.39 is 15.6 Å². The van der Waals surface area contributed by atoms with E-state index in [1.807, 2.05) is 0 Å². The van der Waals surface area contributed by atoms with E-state index in [4.69, 9.17) is 11.6 Å². The first-order valence-electron chi connectivity index (χ1n) is 5.85. The molecule has 0 atom stereocenters. The quantitative estimate of drug-likeness (QED) is 0.819. The Kier molecular flexibility index (Phi) is 4.16. The van der Waals surface area contributed by atoms with Crippen LogP contribution < -0.4 is 5.11 Å². The lowest BCUT2D eigenvalue weighted by molar-refractivity contribution is -0.243. The maximum Gasteiger partial charge on any atom is 0.199 e. The third-order valence-corrected chi connectivity index (χ3v) is 4.52. The minimum Gasteiger partial charge on any atom is -0.872 e. The molecular weight excluding hydrogens is 296 g/mol. The Morgan fingerprint density at radius 3 is 2.30 bits per heavy atom. The molecule has 0 fully saturated rings. The lowest BCUT2D eigenvalue weighted by Crippen LogP contribution is -2.08. The van der Waals surface area contributed by atoms with Gasteiger partial charge in [-0.25, -0.2) is 8.42 Å². The normalized spacial score (nSPS) is 12.4. The number of rotatable bonds is 3. The minimum atomic E-state index is -3.77. The summed E-state index contributed by atoms with van der Waals surface area (Å²) in [6, 6.07) is 12.5. The number of benzene rings is 2. The third kappa shape index (κ3) is 3.21. The molecule has 0 N–H and O–H groups in total. The third-order valence-electron chi connectivity index (χ3n) is 2.81. The van der Waals surface area contributed by atoms with Crippen molar-refractivity contribution in [3.05, 3.63) is 70.1 Å². The summed E-state index contributed by atoms with van der Waals surface area (Å²) in [7, 11) is -3.77. The van der Waals surface area contributed by atoms with Crippen LogP contribution in [0.3, 0.4) is 0 Å². The van der Waals surface area contributed by atoms with E-state index in [1.165, 1.54) is 24.3 Å². The van der Waals surface area contributed by atoms with Crippen LogP contribution in [0.2, 0.25) is 5.02 Å². The van der Waals surface area contributed by atoms with Gasteiger partial charge in [0, 0.05) is 10.4 Å². The van der Waals surface area contributed by atoms with E-state index in [-0.39, 0.29) is 4.90 Å². The highest BCUT2D eigenvalue weighted by Crippen LogP contribution is 2.20.